The lowest BCUT2D eigenvalue weighted by atomic mass is 9.89. The van der Waals surface area contributed by atoms with Gasteiger partial charge in [0.05, 0.1) is 6.10 Å². The van der Waals surface area contributed by atoms with Crippen molar-refractivity contribution in [3.63, 3.8) is 0 Å². The fourth-order valence-corrected chi connectivity index (χ4v) is 2.53. The molecule has 1 fully saturated rings. The molecule has 4 heteroatoms. The second-order valence-electron chi connectivity index (χ2n) is 5.09. The van der Waals surface area contributed by atoms with E-state index in [1.165, 1.54) is 0 Å². The summed E-state index contributed by atoms with van der Waals surface area (Å²) in [5, 5.41) is 3.06. The van der Waals surface area contributed by atoms with Gasteiger partial charge in [-0.2, -0.15) is 0 Å². The van der Waals surface area contributed by atoms with Crippen molar-refractivity contribution in [2.24, 2.45) is 5.92 Å². The Hall–Kier alpha value is -0.610. The number of amides is 1. The van der Waals surface area contributed by atoms with Gasteiger partial charge in [0.25, 0.3) is 0 Å². The third kappa shape index (κ3) is 4.25. The first-order chi connectivity index (χ1) is 8.62. The van der Waals surface area contributed by atoms with Crippen LogP contribution in [0.15, 0.2) is 0 Å². The number of carbonyl (C=O) groups is 1. The summed E-state index contributed by atoms with van der Waals surface area (Å²) < 4.78 is 10.9. The molecule has 0 aromatic carbocycles. The fraction of sp³-hybridized carbons (Fsp3) is 0.929. The van der Waals surface area contributed by atoms with Crippen LogP contribution in [0.25, 0.3) is 0 Å². The minimum Gasteiger partial charge on any atom is -0.378 e. The first-order valence-corrected chi connectivity index (χ1v) is 7.07. The van der Waals surface area contributed by atoms with Crippen LogP contribution in [0, 0.1) is 5.92 Å². The quantitative estimate of drug-likeness (QED) is 0.793. The van der Waals surface area contributed by atoms with Crippen molar-refractivity contribution in [1.82, 2.24) is 5.32 Å². The molecule has 3 atom stereocenters. The SMILES string of the molecule is CCC(CC)C1CC(NC(=O)C(C)OC)CCO1. The van der Waals surface area contributed by atoms with Gasteiger partial charge in [-0.25, -0.2) is 0 Å². The molecular weight excluding hydrogens is 230 g/mol. The largest absolute Gasteiger partial charge is 0.378 e. The van der Waals surface area contributed by atoms with Gasteiger partial charge in [-0.1, -0.05) is 26.7 Å². The van der Waals surface area contributed by atoms with Gasteiger partial charge in [-0.05, 0) is 25.7 Å². The molecule has 0 aromatic heterocycles. The highest BCUT2D eigenvalue weighted by Crippen LogP contribution is 2.25. The van der Waals surface area contributed by atoms with Crippen LogP contribution in [-0.4, -0.2) is 37.9 Å². The molecule has 0 radical (unpaired) electrons. The van der Waals surface area contributed by atoms with E-state index in [2.05, 4.69) is 19.2 Å². The Morgan fingerprint density at radius 3 is 2.67 bits per heavy atom. The van der Waals surface area contributed by atoms with Crippen molar-refractivity contribution in [3.05, 3.63) is 0 Å². The van der Waals surface area contributed by atoms with Crippen LogP contribution < -0.4 is 5.32 Å². The molecule has 1 saturated heterocycles. The van der Waals surface area contributed by atoms with Gasteiger partial charge in [0.15, 0.2) is 0 Å². The zero-order valence-corrected chi connectivity index (χ0v) is 12.1. The number of hydrogen-bond donors (Lipinski definition) is 1. The lowest BCUT2D eigenvalue weighted by Crippen LogP contribution is -2.47. The molecule has 106 valence electrons. The third-order valence-corrected chi connectivity index (χ3v) is 3.96. The summed E-state index contributed by atoms with van der Waals surface area (Å²) in [6.45, 7) is 6.92. The third-order valence-electron chi connectivity index (χ3n) is 3.96. The van der Waals surface area contributed by atoms with E-state index in [0.717, 1.165) is 32.3 Å². The van der Waals surface area contributed by atoms with Gasteiger partial charge in [-0.3, -0.25) is 4.79 Å². The zero-order valence-electron chi connectivity index (χ0n) is 12.1. The number of carbonyl (C=O) groups excluding carboxylic acids is 1. The summed E-state index contributed by atoms with van der Waals surface area (Å²) in [6.07, 6.45) is 4.01. The standard InChI is InChI=1S/C14H27NO3/c1-5-11(6-2)13-9-12(7-8-18-13)15-14(16)10(3)17-4/h10-13H,5-9H2,1-4H3,(H,15,16). The molecule has 1 amide bonds. The van der Waals surface area contributed by atoms with E-state index in [1.54, 1.807) is 14.0 Å². The minimum atomic E-state index is -0.376. The smallest absolute Gasteiger partial charge is 0.249 e. The normalized spacial score (nSPS) is 26.1. The van der Waals surface area contributed by atoms with E-state index in [1.807, 2.05) is 0 Å². The van der Waals surface area contributed by atoms with Crippen LogP contribution in [0.1, 0.15) is 46.5 Å². The summed E-state index contributed by atoms with van der Waals surface area (Å²) >= 11 is 0. The van der Waals surface area contributed by atoms with Crippen LogP contribution in [0.3, 0.4) is 0 Å². The van der Waals surface area contributed by atoms with Gasteiger partial charge in [-0.15, -0.1) is 0 Å². The molecule has 0 aliphatic carbocycles. The Morgan fingerprint density at radius 2 is 2.11 bits per heavy atom. The van der Waals surface area contributed by atoms with E-state index < -0.39 is 0 Å². The topological polar surface area (TPSA) is 47.6 Å². The van der Waals surface area contributed by atoms with Crippen LogP contribution in [0.4, 0.5) is 0 Å². The highest BCUT2D eigenvalue weighted by atomic mass is 16.5. The van der Waals surface area contributed by atoms with E-state index in [4.69, 9.17) is 9.47 Å². The number of hydrogen-bond acceptors (Lipinski definition) is 3. The van der Waals surface area contributed by atoms with Crippen molar-refractivity contribution < 1.29 is 14.3 Å². The maximum atomic E-state index is 11.8. The molecule has 0 saturated carbocycles. The molecule has 0 bridgehead atoms. The molecule has 1 aliphatic heterocycles. The number of methoxy groups -OCH3 is 1. The highest BCUT2D eigenvalue weighted by Gasteiger charge is 2.29. The Morgan fingerprint density at radius 1 is 1.44 bits per heavy atom. The van der Waals surface area contributed by atoms with Crippen molar-refractivity contribution >= 4 is 5.91 Å². The molecule has 1 heterocycles. The monoisotopic (exact) mass is 257 g/mol. The molecule has 3 unspecified atom stereocenters. The molecule has 1 rings (SSSR count). The van der Waals surface area contributed by atoms with E-state index in [-0.39, 0.29) is 24.2 Å². The highest BCUT2D eigenvalue weighted by molar-refractivity contribution is 5.80. The van der Waals surface area contributed by atoms with Gasteiger partial charge >= 0.3 is 0 Å². The summed E-state index contributed by atoms with van der Waals surface area (Å²) in [4.78, 5) is 11.8. The maximum absolute atomic E-state index is 11.8. The molecule has 1 N–H and O–H groups in total. The van der Waals surface area contributed by atoms with E-state index >= 15 is 0 Å². The number of rotatable bonds is 6. The number of nitrogens with one attached hydrogen (secondary N) is 1. The summed E-state index contributed by atoms with van der Waals surface area (Å²) in [5.74, 6) is 0.581. The van der Waals surface area contributed by atoms with Crippen molar-refractivity contribution in [1.29, 1.82) is 0 Å². The average molecular weight is 257 g/mol. The van der Waals surface area contributed by atoms with Crippen molar-refractivity contribution in [3.8, 4) is 0 Å². The average Bonchev–Trinajstić information content (AvgIpc) is 2.39. The molecule has 0 spiro atoms. The predicted molar refractivity (Wildman–Crippen MR) is 71.4 cm³/mol. The summed E-state index contributed by atoms with van der Waals surface area (Å²) in [7, 11) is 1.56. The lowest BCUT2D eigenvalue weighted by molar-refractivity contribution is -0.132. The Bertz CT molecular complexity index is 253. The van der Waals surface area contributed by atoms with Crippen LogP contribution in [0.5, 0.6) is 0 Å². The second-order valence-corrected chi connectivity index (χ2v) is 5.09. The molecular formula is C14H27NO3. The van der Waals surface area contributed by atoms with Crippen LogP contribution in [-0.2, 0) is 14.3 Å². The Labute approximate surface area is 110 Å². The molecule has 4 nitrogen and oxygen atoms in total. The molecule has 0 aromatic rings. The summed E-state index contributed by atoms with van der Waals surface area (Å²) in [5.41, 5.74) is 0. The Kier molecular flexibility index (Phi) is 6.65. The molecule has 1 aliphatic rings. The minimum absolute atomic E-state index is 0.0207. The van der Waals surface area contributed by atoms with Crippen molar-refractivity contribution in [2.75, 3.05) is 13.7 Å². The first-order valence-electron chi connectivity index (χ1n) is 7.07. The van der Waals surface area contributed by atoms with Gasteiger partial charge in [0.2, 0.25) is 5.91 Å². The van der Waals surface area contributed by atoms with Gasteiger partial charge in [0.1, 0.15) is 6.10 Å². The van der Waals surface area contributed by atoms with Gasteiger partial charge in [0, 0.05) is 19.8 Å². The van der Waals surface area contributed by atoms with E-state index in [0.29, 0.717) is 5.92 Å². The first kappa shape index (κ1) is 15.4. The zero-order chi connectivity index (χ0) is 13.5. The fourth-order valence-electron chi connectivity index (χ4n) is 2.53. The lowest BCUT2D eigenvalue weighted by Gasteiger charge is -2.34. The maximum Gasteiger partial charge on any atom is 0.249 e. The number of ether oxygens (including phenoxy) is 2. The predicted octanol–water partition coefficient (Wildman–Crippen LogP) is 2.12. The van der Waals surface area contributed by atoms with E-state index in [9.17, 15) is 4.79 Å². The second kappa shape index (κ2) is 7.74. The summed E-state index contributed by atoms with van der Waals surface area (Å²) in [6, 6.07) is 0.231. The molecule has 18 heavy (non-hydrogen) atoms. The van der Waals surface area contributed by atoms with Crippen molar-refractivity contribution in [2.45, 2.75) is 64.7 Å². The van der Waals surface area contributed by atoms with Crippen LogP contribution >= 0.6 is 0 Å². The van der Waals surface area contributed by atoms with Gasteiger partial charge < -0.3 is 14.8 Å². The van der Waals surface area contributed by atoms with Crippen LogP contribution in [0.2, 0.25) is 0 Å². The Balaban J connectivity index is 2.46.